The van der Waals surface area contributed by atoms with Gasteiger partial charge in [-0.05, 0) is 32.1 Å². The molecule has 5 nitrogen and oxygen atoms in total. The van der Waals surface area contributed by atoms with Crippen molar-refractivity contribution in [2.45, 2.75) is 70.4 Å². The van der Waals surface area contributed by atoms with Crippen molar-refractivity contribution in [3.05, 3.63) is 42.0 Å². The fourth-order valence-electron chi connectivity index (χ4n) is 4.66. The highest BCUT2D eigenvalue weighted by Gasteiger charge is 2.38. The third-order valence-electron chi connectivity index (χ3n) is 6.13. The first kappa shape index (κ1) is 19.2. The van der Waals surface area contributed by atoms with Crippen LogP contribution in [-0.4, -0.2) is 28.4 Å². The van der Waals surface area contributed by atoms with Crippen LogP contribution in [0.2, 0.25) is 0 Å². The zero-order valence-corrected chi connectivity index (χ0v) is 16.9. The highest BCUT2D eigenvalue weighted by Crippen LogP contribution is 2.39. The molecule has 5 heteroatoms. The maximum Gasteiger partial charge on any atom is 0.226 e. The number of amides is 1. The van der Waals surface area contributed by atoms with Gasteiger partial charge in [-0.25, -0.2) is 4.98 Å². The molecule has 0 radical (unpaired) electrons. The van der Waals surface area contributed by atoms with E-state index >= 15 is 0 Å². The molecule has 150 valence electrons. The monoisotopic (exact) mass is 381 g/mol. The molecule has 1 amide bonds. The van der Waals surface area contributed by atoms with E-state index in [-0.39, 0.29) is 29.8 Å². The Balaban J connectivity index is 1.62. The van der Waals surface area contributed by atoms with Crippen LogP contribution in [0, 0.1) is 5.92 Å². The number of benzene rings is 1. The molecule has 2 aromatic rings. The molecule has 2 heterocycles. The van der Waals surface area contributed by atoms with Crippen molar-refractivity contribution in [2.75, 3.05) is 6.54 Å². The summed E-state index contributed by atoms with van der Waals surface area (Å²) in [6, 6.07) is 10.3. The molecular formula is C23H31N3O2. The lowest BCUT2D eigenvalue weighted by Gasteiger charge is -2.31. The van der Waals surface area contributed by atoms with Crippen LogP contribution in [0.15, 0.2) is 34.7 Å². The number of rotatable bonds is 4. The Morgan fingerprint density at radius 2 is 1.96 bits per heavy atom. The van der Waals surface area contributed by atoms with Gasteiger partial charge in [-0.3, -0.25) is 4.79 Å². The zero-order valence-electron chi connectivity index (χ0n) is 16.9. The molecule has 1 aliphatic heterocycles. The number of aromatic nitrogens is 1. The van der Waals surface area contributed by atoms with Crippen molar-refractivity contribution < 1.29 is 9.21 Å². The first-order valence-electron chi connectivity index (χ1n) is 10.7. The van der Waals surface area contributed by atoms with Gasteiger partial charge in [-0.1, -0.05) is 50.6 Å². The smallest absolute Gasteiger partial charge is 0.226 e. The first-order chi connectivity index (χ1) is 13.5. The zero-order chi connectivity index (χ0) is 19.7. The van der Waals surface area contributed by atoms with Crippen LogP contribution in [-0.2, 0) is 4.79 Å². The predicted molar refractivity (Wildman–Crippen MR) is 110 cm³/mol. The van der Waals surface area contributed by atoms with E-state index in [1.807, 2.05) is 23.1 Å². The number of carbonyl (C=O) groups is 1. The molecule has 1 saturated carbocycles. The number of hydrogen-bond donors (Lipinski definition) is 1. The van der Waals surface area contributed by atoms with E-state index in [0.29, 0.717) is 5.89 Å². The first-order valence-corrected chi connectivity index (χ1v) is 10.7. The molecule has 0 bridgehead atoms. The van der Waals surface area contributed by atoms with E-state index in [4.69, 9.17) is 15.1 Å². The van der Waals surface area contributed by atoms with Crippen molar-refractivity contribution in [1.29, 1.82) is 0 Å². The molecule has 1 aromatic heterocycles. The Kier molecular flexibility index (Phi) is 5.54. The van der Waals surface area contributed by atoms with E-state index in [9.17, 15) is 4.79 Å². The van der Waals surface area contributed by atoms with Crippen LogP contribution < -0.4 is 5.73 Å². The molecule has 2 aliphatic rings. The minimum absolute atomic E-state index is 0.0532. The molecule has 1 aliphatic carbocycles. The summed E-state index contributed by atoms with van der Waals surface area (Å²) in [7, 11) is 0. The third-order valence-corrected chi connectivity index (χ3v) is 6.13. The van der Waals surface area contributed by atoms with Crippen LogP contribution in [0.1, 0.15) is 76.0 Å². The summed E-state index contributed by atoms with van der Waals surface area (Å²) in [5.41, 5.74) is 8.10. The van der Waals surface area contributed by atoms with Crippen molar-refractivity contribution in [3.63, 3.8) is 0 Å². The lowest BCUT2D eigenvalue weighted by molar-refractivity contribution is -0.138. The topological polar surface area (TPSA) is 72.4 Å². The van der Waals surface area contributed by atoms with E-state index in [0.717, 1.165) is 62.1 Å². The number of nitrogens with two attached hydrogens (primary N) is 1. The summed E-state index contributed by atoms with van der Waals surface area (Å²) in [6.45, 7) is 5.03. The van der Waals surface area contributed by atoms with Gasteiger partial charge in [0, 0.05) is 30.0 Å². The average molecular weight is 382 g/mol. The molecule has 3 unspecified atom stereocenters. The van der Waals surface area contributed by atoms with Crippen LogP contribution in [0.5, 0.6) is 0 Å². The van der Waals surface area contributed by atoms with Crippen LogP contribution in [0.25, 0.3) is 11.3 Å². The molecule has 4 rings (SSSR count). The number of hydrogen-bond acceptors (Lipinski definition) is 4. The summed E-state index contributed by atoms with van der Waals surface area (Å²) < 4.78 is 6.27. The maximum atomic E-state index is 13.2. The summed E-state index contributed by atoms with van der Waals surface area (Å²) >= 11 is 0. The maximum absolute atomic E-state index is 13.2. The molecular weight excluding hydrogens is 350 g/mol. The van der Waals surface area contributed by atoms with E-state index < -0.39 is 0 Å². The lowest BCUT2D eigenvalue weighted by atomic mass is 9.85. The van der Waals surface area contributed by atoms with Gasteiger partial charge >= 0.3 is 0 Å². The van der Waals surface area contributed by atoms with Gasteiger partial charge in [0.2, 0.25) is 11.8 Å². The van der Waals surface area contributed by atoms with Gasteiger partial charge in [0.1, 0.15) is 17.5 Å². The molecule has 0 spiro atoms. The largest absolute Gasteiger partial charge is 0.442 e. The van der Waals surface area contributed by atoms with Crippen LogP contribution >= 0.6 is 0 Å². The number of carbonyl (C=O) groups excluding carboxylic acids is 1. The minimum atomic E-state index is -0.0550. The SMILES string of the molecule is CC(C)c1oc(C2CCCN2C(=O)C2CCCC(N)C2)nc1-c1ccccc1. The molecule has 28 heavy (non-hydrogen) atoms. The molecule has 2 fully saturated rings. The quantitative estimate of drug-likeness (QED) is 0.837. The molecule has 1 aromatic carbocycles. The number of oxazole rings is 1. The predicted octanol–water partition coefficient (Wildman–Crippen LogP) is 4.65. The fraction of sp³-hybridized carbons (Fsp3) is 0.565. The summed E-state index contributed by atoms with van der Waals surface area (Å²) in [4.78, 5) is 20.1. The fourth-order valence-corrected chi connectivity index (χ4v) is 4.66. The second-order valence-electron chi connectivity index (χ2n) is 8.60. The Labute approximate surface area is 167 Å². The summed E-state index contributed by atoms with van der Waals surface area (Å²) in [5, 5.41) is 0. The second kappa shape index (κ2) is 8.08. The van der Waals surface area contributed by atoms with Crippen LogP contribution in [0.4, 0.5) is 0 Å². The van der Waals surface area contributed by atoms with Gasteiger partial charge < -0.3 is 15.1 Å². The number of nitrogens with zero attached hydrogens (tertiary/aromatic N) is 2. The standard InChI is InChI=1S/C23H31N3O2/c1-15(2)21-20(16-8-4-3-5-9-16)25-22(28-21)19-12-7-13-26(19)23(27)17-10-6-11-18(24)14-17/h3-5,8-9,15,17-19H,6-7,10-14,24H2,1-2H3. The van der Waals surface area contributed by atoms with E-state index in [2.05, 4.69) is 26.0 Å². The minimum Gasteiger partial charge on any atom is -0.442 e. The van der Waals surface area contributed by atoms with Gasteiger partial charge in [-0.15, -0.1) is 0 Å². The van der Waals surface area contributed by atoms with Gasteiger partial charge in [0.15, 0.2) is 0 Å². The molecule has 1 saturated heterocycles. The average Bonchev–Trinajstić information content (AvgIpc) is 3.35. The normalized spacial score (nSPS) is 25.4. The van der Waals surface area contributed by atoms with Crippen LogP contribution in [0.3, 0.4) is 0 Å². The van der Waals surface area contributed by atoms with E-state index in [1.165, 1.54) is 0 Å². The highest BCUT2D eigenvalue weighted by atomic mass is 16.4. The van der Waals surface area contributed by atoms with Gasteiger partial charge in [0.05, 0.1) is 0 Å². The van der Waals surface area contributed by atoms with Gasteiger partial charge in [0.25, 0.3) is 0 Å². The van der Waals surface area contributed by atoms with Crippen molar-refractivity contribution in [1.82, 2.24) is 9.88 Å². The molecule has 3 atom stereocenters. The highest BCUT2D eigenvalue weighted by molar-refractivity contribution is 5.79. The number of likely N-dealkylation sites (tertiary alicyclic amines) is 1. The second-order valence-corrected chi connectivity index (χ2v) is 8.60. The van der Waals surface area contributed by atoms with Crippen molar-refractivity contribution >= 4 is 5.91 Å². The Bertz CT molecular complexity index is 815. The lowest BCUT2D eigenvalue weighted by Crippen LogP contribution is -2.40. The Morgan fingerprint density at radius 3 is 2.68 bits per heavy atom. The Hall–Kier alpha value is -2.14. The van der Waals surface area contributed by atoms with Gasteiger partial charge in [-0.2, -0.15) is 0 Å². The van der Waals surface area contributed by atoms with Crippen molar-refractivity contribution in [3.8, 4) is 11.3 Å². The van der Waals surface area contributed by atoms with E-state index in [1.54, 1.807) is 0 Å². The third kappa shape index (κ3) is 3.72. The summed E-state index contributed by atoms with van der Waals surface area (Å²) in [5.74, 6) is 2.12. The molecule has 2 N–H and O–H groups in total. The summed E-state index contributed by atoms with van der Waals surface area (Å²) in [6.07, 6.45) is 5.75. The Morgan fingerprint density at radius 1 is 1.18 bits per heavy atom. The van der Waals surface area contributed by atoms with Crippen molar-refractivity contribution in [2.24, 2.45) is 11.7 Å².